The fourth-order valence-electron chi connectivity index (χ4n) is 3.86. The van der Waals surface area contributed by atoms with Gasteiger partial charge in [-0.05, 0) is 31.9 Å². The van der Waals surface area contributed by atoms with Gasteiger partial charge in [-0.25, -0.2) is 9.50 Å². The lowest BCUT2D eigenvalue weighted by Crippen LogP contribution is -2.48. The Bertz CT molecular complexity index is 1000. The van der Waals surface area contributed by atoms with E-state index in [1.165, 1.54) is 17.5 Å². The maximum absolute atomic E-state index is 12.9. The van der Waals surface area contributed by atoms with Gasteiger partial charge in [0.05, 0.1) is 6.42 Å². The van der Waals surface area contributed by atoms with Crippen LogP contribution in [0.2, 0.25) is 0 Å². The van der Waals surface area contributed by atoms with Gasteiger partial charge in [0.25, 0.3) is 5.78 Å². The molecule has 2 aromatic heterocycles. The Balaban J connectivity index is 1.39. The third kappa shape index (κ3) is 3.62. The van der Waals surface area contributed by atoms with Crippen molar-refractivity contribution >= 4 is 11.7 Å². The number of benzene rings is 1. The zero-order valence-corrected chi connectivity index (χ0v) is 16.7. The van der Waals surface area contributed by atoms with Crippen LogP contribution in [0.1, 0.15) is 28.1 Å². The molecule has 0 N–H and O–H groups in total. The maximum Gasteiger partial charge on any atom is 0.252 e. The first-order chi connectivity index (χ1) is 13.5. The summed E-state index contributed by atoms with van der Waals surface area (Å²) in [6.07, 6.45) is 1.85. The number of rotatable bonds is 4. The van der Waals surface area contributed by atoms with Crippen LogP contribution in [0, 0.1) is 20.8 Å². The van der Waals surface area contributed by atoms with Crippen LogP contribution in [0.4, 0.5) is 0 Å². The molecule has 0 atom stereocenters. The van der Waals surface area contributed by atoms with E-state index in [1.807, 2.05) is 18.7 Å². The van der Waals surface area contributed by atoms with Crippen LogP contribution in [0.25, 0.3) is 5.78 Å². The predicted octanol–water partition coefficient (Wildman–Crippen LogP) is 1.94. The third-order valence-electron chi connectivity index (χ3n) is 5.70. The molecule has 1 saturated heterocycles. The van der Waals surface area contributed by atoms with Crippen LogP contribution in [0.5, 0.6) is 0 Å². The number of aromatic nitrogens is 4. The monoisotopic (exact) mass is 378 g/mol. The van der Waals surface area contributed by atoms with Gasteiger partial charge in [0, 0.05) is 49.7 Å². The van der Waals surface area contributed by atoms with Gasteiger partial charge in [0.2, 0.25) is 5.91 Å². The molecule has 0 saturated carbocycles. The summed E-state index contributed by atoms with van der Waals surface area (Å²) in [5, 5.41) is 4.21. The van der Waals surface area contributed by atoms with Crippen LogP contribution in [0.3, 0.4) is 0 Å². The molecule has 7 heteroatoms. The Morgan fingerprint density at radius 2 is 1.82 bits per heavy atom. The summed E-state index contributed by atoms with van der Waals surface area (Å²) >= 11 is 0. The molecule has 7 nitrogen and oxygen atoms in total. The fourth-order valence-corrected chi connectivity index (χ4v) is 3.86. The van der Waals surface area contributed by atoms with Crippen molar-refractivity contribution in [1.82, 2.24) is 29.4 Å². The topological polar surface area (TPSA) is 66.6 Å². The number of nitrogens with zero attached hydrogens (tertiary/aromatic N) is 6. The van der Waals surface area contributed by atoms with Crippen molar-refractivity contribution in [2.75, 3.05) is 26.2 Å². The summed E-state index contributed by atoms with van der Waals surface area (Å²) in [6, 6.07) is 8.50. The minimum Gasteiger partial charge on any atom is -0.340 e. The highest BCUT2D eigenvalue weighted by Crippen LogP contribution is 2.16. The third-order valence-corrected chi connectivity index (χ3v) is 5.70. The van der Waals surface area contributed by atoms with Crippen LogP contribution in [0.15, 0.2) is 30.6 Å². The largest absolute Gasteiger partial charge is 0.340 e. The van der Waals surface area contributed by atoms with Gasteiger partial charge in [-0.2, -0.15) is 10.1 Å². The number of aryl methyl sites for hydroxylation is 3. The van der Waals surface area contributed by atoms with Crippen LogP contribution >= 0.6 is 0 Å². The summed E-state index contributed by atoms with van der Waals surface area (Å²) in [5.74, 6) is 0.735. The Hall–Kier alpha value is -2.80. The van der Waals surface area contributed by atoms with Crippen molar-refractivity contribution in [1.29, 1.82) is 0 Å². The first-order valence-corrected chi connectivity index (χ1v) is 9.73. The average Bonchev–Trinajstić information content (AvgIpc) is 3.16. The highest BCUT2D eigenvalue weighted by molar-refractivity contribution is 5.79. The second-order valence-corrected chi connectivity index (χ2v) is 7.49. The van der Waals surface area contributed by atoms with E-state index in [9.17, 15) is 4.79 Å². The Kier molecular flexibility index (Phi) is 5.09. The van der Waals surface area contributed by atoms with Crippen molar-refractivity contribution < 1.29 is 4.79 Å². The molecule has 0 aliphatic carbocycles. The molecule has 1 aromatic carbocycles. The van der Waals surface area contributed by atoms with Gasteiger partial charge in [-0.3, -0.25) is 9.69 Å². The van der Waals surface area contributed by atoms with Crippen molar-refractivity contribution in [3.63, 3.8) is 0 Å². The zero-order chi connectivity index (χ0) is 19.7. The molecule has 3 aromatic rings. The maximum atomic E-state index is 12.9. The highest BCUT2D eigenvalue weighted by atomic mass is 16.2. The van der Waals surface area contributed by atoms with E-state index in [0.29, 0.717) is 12.2 Å². The van der Waals surface area contributed by atoms with E-state index in [-0.39, 0.29) is 5.91 Å². The number of carbonyl (C=O) groups excluding carboxylic acids is 1. The molecule has 0 radical (unpaired) electrons. The second kappa shape index (κ2) is 7.67. The van der Waals surface area contributed by atoms with Crippen molar-refractivity contribution in [2.24, 2.45) is 0 Å². The molecule has 0 bridgehead atoms. The first-order valence-electron chi connectivity index (χ1n) is 9.73. The number of hydrogen-bond donors (Lipinski definition) is 0. The molecule has 146 valence electrons. The summed E-state index contributed by atoms with van der Waals surface area (Å²) in [7, 11) is 0. The Morgan fingerprint density at radius 3 is 2.57 bits per heavy atom. The van der Waals surface area contributed by atoms with Crippen LogP contribution < -0.4 is 0 Å². The van der Waals surface area contributed by atoms with E-state index < -0.39 is 0 Å². The SMILES string of the molecule is Cc1ccccc1CN1CCN(C(=O)Cc2c(C)nc3ncnn3c2C)CC1. The van der Waals surface area contributed by atoms with Crippen molar-refractivity contribution in [3.8, 4) is 0 Å². The summed E-state index contributed by atoms with van der Waals surface area (Å²) in [6.45, 7) is 10.3. The molecule has 1 aliphatic heterocycles. The van der Waals surface area contributed by atoms with E-state index in [0.717, 1.165) is 49.7 Å². The Labute approximate surface area is 165 Å². The predicted molar refractivity (Wildman–Crippen MR) is 107 cm³/mol. The van der Waals surface area contributed by atoms with Crippen molar-refractivity contribution in [2.45, 2.75) is 33.7 Å². The van der Waals surface area contributed by atoms with Gasteiger partial charge in [0.1, 0.15) is 6.33 Å². The van der Waals surface area contributed by atoms with Gasteiger partial charge < -0.3 is 4.90 Å². The first kappa shape index (κ1) is 18.6. The van der Waals surface area contributed by atoms with E-state index in [4.69, 9.17) is 0 Å². The lowest BCUT2D eigenvalue weighted by molar-refractivity contribution is -0.132. The molecule has 0 unspecified atom stereocenters. The van der Waals surface area contributed by atoms with Gasteiger partial charge >= 0.3 is 0 Å². The highest BCUT2D eigenvalue weighted by Gasteiger charge is 2.23. The fraction of sp³-hybridized carbons (Fsp3) is 0.429. The quantitative estimate of drug-likeness (QED) is 0.694. The minimum absolute atomic E-state index is 0.156. The van der Waals surface area contributed by atoms with E-state index in [2.05, 4.69) is 51.2 Å². The van der Waals surface area contributed by atoms with Gasteiger partial charge in [-0.15, -0.1) is 0 Å². The van der Waals surface area contributed by atoms with E-state index in [1.54, 1.807) is 4.52 Å². The lowest BCUT2D eigenvalue weighted by Gasteiger charge is -2.35. The molecule has 1 amide bonds. The molecule has 1 aliphatic rings. The number of amides is 1. The normalized spacial score (nSPS) is 15.3. The van der Waals surface area contributed by atoms with Crippen molar-refractivity contribution in [3.05, 3.63) is 58.7 Å². The molecular formula is C21H26N6O. The summed E-state index contributed by atoms with van der Waals surface area (Å²) in [5.41, 5.74) is 5.42. The number of piperazine rings is 1. The molecular weight excluding hydrogens is 352 g/mol. The van der Waals surface area contributed by atoms with Gasteiger partial charge in [0.15, 0.2) is 0 Å². The molecule has 3 heterocycles. The average molecular weight is 378 g/mol. The minimum atomic E-state index is 0.156. The second-order valence-electron chi connectivity index (χ2n) is 7.49. The summed E-state index contributed by atoms with van der Waals surface area (Å²) < 4.78 is 1.70. The molecule has 4 rings (SSSR count). The van der Waals surface area contributed by atoms with E-state index >= 15 is 0 Å². The molecule has 1 fully saturated rings. The summed E-state index contributed by atoms with van der Waals surface area (Å²) in [4.78, 5) is 25.9. The van der Waals surface area contributed by atoms with Crippen LogP contribution in [-0.2, 0) is 17.8 Å². The number of fused-ring (bicyclic) bond motifs is 1. The molecule has 28 heavy (non-hydrogen) atoms. The smallest absolute Gasteiger partial charge is 0.252 e. The van der Waals surface area contributed by atoms with Gasteiger partial charge in [-0.1, -0.05) is 24.3 Å². The number of carbonyl (C=O) groups is 1. The standard InChI is InChI=1S/C21H26N6O/c1-15-6-4-5-7-18(15)13-25-8-10-26(11-9-25)20(28)12-19-16(2)24-21-22-14-23-27(21)17(19)3/h4-7,14H,8-13H2,1-3H3. The molecule has 0 spiro atoms. The lowest BCUT2D eigenvalue weighted by atomic mass is 10.1. The van der Waals surface area contributed by atoms with Crippen LogP contribution in [-0.4, -0.2) is 61.5 Å². The Morgan fingerprint density at radius 1 is 1.07 bits per heavy atom. The number of hydrogen-bond acceptors (Lipinski definition) is 5. The zero-order valence-electron chi connectivity index (χ0n) is 16.7.